The van der Waals surface area contributed by atoms with E-state index in [1.165, 1.54) is 0 Å². The van der Waals surface area contributed by atoms with Gasteiger partial charge in [-0.15, -0.1) is 0 Å². The number of nitrogens with two attached hydrogens (primary N) is 1. The summed E-state index contributed by atoms with van der Waals surface area (Å²) < 4.78 is 30.1. The van der Waals surface area contributed by atoms with Crippen molar-refractivity contribution in [3.05, 3.63) is 11.4 Å². The van der Waals surface area contributed by atoms with Gasteiger partial charge in [0.2, 0.25) is 10.0 Å². The number of sulfonamides is 1. The average Bonchev–Trinajstić information content (AvgIpc) is 2.72. The molecule has 0 aliphatic heterocycles. The highest BCUT2D eigenvalue weighted by atomic mass is 32.2. The molecule has 0 saturated heterocycles. The molecule has 0 saturated carbocycles. The van der Waals surface area contributed by atoms with Gasteiger partial charge in [-0.1, -0.05) is 20.8 Å². The van der Waals surface area contributed by atoms with Crippen LogP contribution in [0, 0.1) is 13.8 Å². The summed E-state index contributed by atoms with van der Waals surface area (Å²) in [6.45, 7) is 10.5. The number of hydrogen-bond donors (Lipinski definition) is 2. The fourth-order valence-electron chi connectivity index (χ4n) is 2.71. The lowest BCUT2D eigenvalue weighted by molar-refractivity contribution is 0.341. The van der Waals surface area contributed by atoms with Crippen LogP contribution in [0.25, 0.3) is 0 Å². The molecule has 21 heavy (non-hydrogen) atoms. The van der Waals surface area contributed by atoms with Gasteiger partial charge in [0, 0.05) is 12.1 Å². The molecule has 0 atom stereocenters. The predicted molar refractivity (Wildman–Crippen MR) is 84.7 cm³/mol. The maximum Gasteiger partial charge on any atom is 0.244 e. The number of rotatable bonds is 8. The Morgan fingerprint density at radius 1 is 1.19 bits per heavy atom. The number of aromatic nitrogens is 2. The van der Waals surface area contributed by atoms with E-state index >= 15 is 0 Å². The van der Waals surface area contributed by atoms with E-state index in [0.29, 0.717) is 24.5 Å². The molecule has 0 aliphatic carbocycles. The first-order chi connectivity index (χ1) is 9.76. The van der Waals surface area contributed by atoms with Crippen LogP contribution in [0.2, 0.25) is 0 Å². The molecule has 0 bridgehead atoms. The van der Waals surface area contributed by atoms with Crippen LogP contribution < -0.4 is 10.5 Å². The molecule has 0 amide bonds. The van der Waals surface area contributed by atoms with Crippen LogP contribution in [-0.4, -0.2) is 30.3 Å². The standard InChI is InChI=1S/C14H28N4O2S/c1-6-14(7-2,8-3)17-21(19,20)13-11(4)16-18(10-9-15)12(13)5/h17H,6-10,15H2,1-5H3. The monoisotopic (exact) mass is 316 g/mol. The molecular weight excluding hydrogens is 288 g/mol. The van der Waals surface area contributed by atoms with E-state index < -0.39 is 15.6 Å². The first-order valence-corrected chi connectivity index (χ1v) is 9.03. The van der Waals surface area contributed by atoms with Crippen LogP contribution in [0.5, 0.6) is 0 Å². The SMILES string of the molecule is CCC(CC)(CC)NS(=O)(=O)c1c(C)nn(CCN)c1C. The molecule has 0 fully saturated rings. The molecule has 1 rings (SSSR count). The molecular formula is C14H28N4O2S. The van der Waals surface area contributed by atoms with Crippen molar-refractivity contribution in [2.75, 3.05) is 6.54 Å². The Bertz CT molecular complexity index is 566. The Balaban J connectivity index is 3.26. The van der Waals surface area contributed by atoms with Gasteiger partial charge in [-0.05, 0) is 33.1 Å². The Morgan fingerprint density at radius 3 is 2.14 bits per heavy atom. The van der Waals surface area contributed by atoms with Crippen LogP contribution in [0.4, 0.5) is 0 Å². The Labute approximate surface area is 128 Å². The zero-order valence-corrected chi connectivity index (χ0v) is 14.5. The van der Waals surface area contributed by atoms with E-state index in [4.69, 9.17) is 5.73 Å². The van der Waals surface area contributed by atoms with E-state index in [9.17, 15) is 8.42 Å². The van der Waals surface area contributed by atoms with Gasteiger partial charge < -0.3 is 5.73 Å². The minimum atomic E-state index is -3.59. The van der Waals surface area contributed by atoms with Crippen molar-refractivity contribution in [2.45, 2.75) is 70.9 Å². The van der Waals surface area contributed by atoms with Crippen molar-refractivity contribution in [2.24, 2.45) is 5.73 Å². The third-order valence-corrected chi connectivity index (χ3v) is 6.14. The number of aryl methyl sites for hydroxylation is 1. The highest BCUT2D eigenvalue weighted by Gasteiger charge is 2.33. The Morgan fingerprint density at radius 2 is 1.71 bits per heavy atom. The lowest BCUT2D eigenvalue weighted by Crippen LogP contribution is -2.47. The zero-order valence-electron chi connectivity index (χ0n) is 13.7. The molecule has 0 unspecified atom stereocenters. The second-order valence-corrected chi connectivity index (χ2v) is 7.08. The lowest BCUT2D eigenvalue weighted by Gasteiger charge is -2.31. The van der Waals surface area contributed by atoms with Crippen molar-refractivity contribution in [3.8, 4) is 0 Å². The predicted octanol–water partition coefficient (Wildman–Crippen LogP) is 1.71. The van der Waals surface area contributed by atoms with E-state index in [1.54, 1.807) is 18.5 Å². The number of nitrogens with zero attached hydrogens (tertiary/aromatic N) is 2. The van der Waals surface area contributed by atoms with Gasteiger partial charge in [0.15, 0.2) is 0 Å². The molecule has 1 aromatic heterocycles. The summed E-state index contributed by atoms with van der Waals surface area (Å²) in [5.41, 5.74) is 6.30. The molecule has 7 heteroatoms. The molecule has 122 valence electrons. The molecule has 3 N–H and O–H groups in total. The Kier molecular flexibility index (Phi) is 5.95. The quantitative estimate of drug-likeness (QED) is 0.764. The summed E-state index contributed by atoms with van der Waals surface area (Å²) in [5, 5.41) is 4.29. The molecule has 0 aromatic carbocycles. The first kappa shape index (κ1) is 18.1. The zero-order chi connectivity index (χ0) is 16.3. The third-order valence-electron chi connectivity index (χ3n) is 4.31. The summed E-state index contributed by atoms with van der Waals surface area (Å²) in [6.07, 6.45) is 2.27. The summed E-state index contributed by atoms with van der Waals surface area (Å²) in [4.78, 5) is 0.288. The van der Waals surface area contributed by atoms with Crippen LogP contribution >= 0.6 is 0 Å². The number of nitrogens with one attached hydrogen (secondary N) is 1. The van der Waals surface area contributed by atoms with E-state index in [-0.39, 0.29) is 4.90 Å². The van der Waals surface area contributed by atoms with Crippen LogP contribution in [0.3, 0.4) is 0 Å². The van der Waals surface area contributed by atoms with Gasteiger partial charge in [0.25, 0.3) is 0 Å². The van der Waals surface area contributed by atoms with Crippen molar-refractivity contribution < 1.29 is 8.42 Å². The van der Waals surface area contributed by atoms with Gasteiger partial charge >= 0.3 is 0 Å². The van der Waals surface area contributed by atoms with Crippen LogP contribution in [0.15, 0.2) is 4.90 Å². The molecule has 0 aliphatic rings. The van der Waals surface area contributed by atoms with Gasteiger partial charge in [-0.3, -0.25) is 4.68 Å². The smallest absolute Gasteiger partial charge is 0.244 e. The second kappa shape index (κ2) is 6.89. The largest absolute Gasteiger partial charge is 0.329 e. The molecule has 0 spiro atoms. The minimum absolute atomic E-state index is 0.288. The van der Waals surface area contributed by atoms with Crippen molar-refractivity contribution in [1.29, 1.82) is 0 Å². The fourth-order valence-corrected chi connectivity index (χ4v) is 4.74. The second-order valence-electron chi connectivity index (χ2n) is 5.46. The summed E-state index contributed by atoms with van der Waals surface area (Å²) in [5.74, 6) is 0. The first-order valence-electron chi connectivity index (χ1n) is 7.55. The Hall–Kier alpha value is -0.920. The normalized spacial score (nSPS) is 12.9. The van der Waals surface area contributed by atoms with Crippen LogP contribution in [-0.2, 0) is 16.6 Å². The number of hydrogen-bond acceptors (Lipinski definition) is 4. The molecule has 1 heterocycles. The molecule has 0 radical (unpaired) electrons. The molecule has 1 aromatic rings. The summed E-state index contributed by atoms with van der Waals surface area (Å²) in [6, 6.07) is 0. The van der Waals surface area contributed by atoms with E-state index in [1.807, 2.05) is 20.8 Å². The van der Waals surface area contributed by atoms with E-state index in [0.717, 1.165) is 19.3 Å². The summed E-state index contributed by atoms with van der Waals surface area (Å²) >= 11 is 0. The highest BCUT2D eigenvalue weighted by molar-refractivity contribution is 7.89. The van der Waals surface area contributed by atoms with Gasteiger partial charge in [0.1, 0.15) is 4.90 Å². The molecule has 6 nitrogen and oxygen atoms in total. The fraction of sp³-hybridized carbons (Fsp3) is 0.786. The average molecular weight is 316 g/mol. The van der Waals surface area contributed by atoms with E-state index in [2.05, 4.69) is 9.82 Å². The highest BCUT2D eigenvalue weighted by Crippen LogP contribution is 2.26. The van der Waals surface area contributed by atoms with Gasteiger partial charge in [-0.25, -0.2) is 13.1 Å². The van der Waals surface area contributed by atoms with Crippen LogP contribution in [0.1, 0.15) is 51.4 Å². The topological polar surface area (TPSA) is 90.0 Å². The van der Waals surface area contributed by atoms with Crippen molar-refractivity contribution in [1.82, 2.24) is 14.5 Å². The van der Waals surface area contributed by atoms with Gasteiger partial charge in [0.05, 0.1) is 17.9 Å². The summed E-state index contributed by atoms with van der Waals surface area (Å²) in [7, 11) is -3.59. The van der Waals surface area contributed by atoms with Gasteiger partial charge in [-0.2, -0.15) is 5.10 Å². The lowest BCUT2D eigenvalue weighted by atomic mass is 9.91. The maximum atomic E-state index is 12.8. The maximum absolute atomic E-state index is 12.8. The van der Waals surface area contributed by atoms with Crippen molar-refractivity contribution >= 4 is 10.0 Å². The minimum Gasteiger partial charge on any atom is -0.329 e. The third kappa shape index (κ3) is 3.64. The van der Waals surface area contributed by atoms with Crippen molar-refractivity contribution in [3.63, 3.8) is 0 Å².